The zero-order valence-electron chi connectivity index (χ0n) is 15.2. The van der Waals surface area contributed by atoms with Crippen LogP contribution in [0.5, 0.6) is 0 Å². The number of aliphatic hydroxyl groups excluding tert-OH is 1. The summed E-state index contributed by atoms with van der Waals surface area (Å²) in [4.78, 5) is 19.2. The number of benzene rings is 1. The smallest absolute Gasteiger partial charge is 0.256 e. The number of halogens is 2. The number of nitrogens with zero attached hydrogens (tertiary/aromatic N) is 3. The van der Waals surface area contributed by atoms with Crippen molar-refractivity contribution in [1.29, 1.82) is 0 Å². The number of rotatable bonds is 4. The number of aliphatic hydroxyl groups is 1. The van der Waals surface area contributed by atoms with Gasteiger partial charge in [-0.05, 0) is 44.6 Å². The summed E-state index contributed by atoms with van der Waals surface area (Å²) < 4.78 is 14.2. The molecule has 0 radical (unpaired) electrons. The summed E-state index contributed by atoms with van der Waals surface area (Å²) in [6.45, 7) is 6.08. The molecule has 0 spiro atoms. The van der Waals surface area contributed by atoms with Crippen molar-refractivity contribution < 1.29 is 14.3 Å². The van der Waals surface area contributed by atoms with Crippen molar-refractivity contribution in [3.63, 3.8) is 0 Å². The molecule has 5 nitrogen and oxygen atoms in total. The number of carbonyl (C=O) groups is 1. The van der Waals surface area contributed by atoms with Gasteiger partial charge >= 0.3 is 0 Å². The van der Waals surface area contributed by atoms with Crippen LogP contribution >= 0.6 is 11.6 Å². The average Bonchev–Trinajstić information content (AvgIpc) is 2.92. The molecule has 144 valence electrons. The van der Waals surface area contributed by atoms with Gasteiger partial charge in [-0.1, -0.05) is 17.7 Å². The maximum absolute atomic E-state index is 14.2. The zero-order chi connectivity index (χ0) is 18.7. The second-order valence-electron chi connectivity index (χ2n) is 7.47. The Morgan fingerprint density at radius 2 is 2.00 bits per heavy atom. The predicted molar refractivity (Wildman–Crippen MR) is 99.9 cm³/mol. The fourth-order valence-corrected chi connectivity index (χ4v) is 4.15. The van der Waals surface area contributed by atoms with Gasteiger partial charge in [0.1, 0.15) is 0 Å². The molecule has 2 saturated heterocycles. The van der Waals surface area contributed by atoms with Crippen LogP contribution in [0, 0.1) is 17.7 Å². The first-order valence-electron chi connectivity index (χ1n) is 9.24. The normalized spacial score (nSPS) is 25.5. The highest BCUT2D eigenvalue weighted by Crippen LogP contribution is 2.27. The lowest BCUT2D eigenvalue weighted by Crippen LogP contribution is -2.36. The van der Waals surface area contributed by atoms with Gasteiger partial charge in [0, 0.05) is 45.2 Å². The summed E-state index contributed by atoms with van der Waals surface area (Å²) >= 11 is 5.81. The maximum Gasteiger partial charge on any atom is 0.256 e. The van der Waals surface area contributed by atoms with Gasteiger partial charge in [-0.3, -0.25) is 4.79 Å². The average molecular weight is 384 g/mol. The van der Waals surface area contributed by atoms with Crippen molar-refractivity contribution in [3.05, 3.63) is 34.6 Å². The number of likely N-dealkylation sites (tertiary alicyclic amines) is 1. The minimum atomic E-state index is -0.668. The lowest BCUT2D eigenvalue weighted by molar-refractivity contribution is 0.0774. The first-order chi connectivity index (χ1) is 12.5. The Kier molecular flexibility index (Phi) is 6.51. The highest BCUT2D eigenvalue weighted by Gasteiger charge is 2.37. The van der Waals surface area contributed by atoms with E-state index in [1.807, 2.05) is 0 Å². The third-order valence-electron chi connectivity index (χ3n) is 5.59. The van der Waals surface area contributed by atoms with Crippen LogP contribution in [0.15, 0.2) is 18.2 Å². The van der Waals surface area contributed by atoms with Crippen LogP contribution in [0.1, 0.15) is 16.8 Å². The van der Waals surface area contributed by atoms with Gasteiger partial charge in [0.15, 0.2) is 5.82 Å². The van der Waals surface area contributed by atoms with Crippen molar-refractivity contribution in [1.82, 2.24) is 14.7 Å². The topological polar surface area (TPSA) is 47.0 Å². The number of likely N-dealkylation sites (N-methyl/N-ethyl adjacent to an activating group) is 1. The molecular weight excluding hydrogens is 357 g/mol. The minimum Gasteiger partial charge on any atom is -0.396 e. The molecule has 0 saturated carbocycles. The van der Waals surface area contributed by atoms with Crippen LogP contribution < -0.4 is 0 Å². The van der Waals surface area contributed by atoms with Gasteiger partial charge < -0.3 is 19.8 Å². The van der Waals surface area contributed by atoms with Gasteiger partial charge in [-0.25, -0.2) is 4.39 Å². The number of carbonyl (C=O) groups excluding carboxylic acids is 1. The fraction of sp³-hybridized carbons (Fsp3) is 0.632. The molecule has 0 aliphatic carbocycles. The molecule has 1 aromatic rings. The summed E-state index contributed by atoms with van der Waals surface area (Å²) in [5.74, 6) is -0.781. The maximum atomic E-state index is 14.2. The van der Waals surface area contributed by atoms with Crippen LogP contribution in [0.2, 0.25) is 5.02 Å². The van der Waals surface area contributed by atoms with E-state index in [1.165, 1.54) is 12.1 Å². The van der Waals surface area contributed by atoms with Crippen molar-refractivity contribution in [3.8, 4) is 0 Å². The van der Waals surface area contributed by atoms with Crippen LogP contribution in [0.25, 0.3) is 0 Å². The highest BCUT2D eigenvalue weighted by atomic mass is 35.5. The molecule has 2 atom stereocenters. The number of hydrogen-bond donors (Lipinski definition) is 1. The first-order valence-corrected chi connectivity index (χ1v) is 9.62. The van der Waals surface area contributed by atoms with E-state index in [0.29, 0.717) is 13.1 Å². The molecular formula is C19H27ClFN3O2. The molecule has 1 aromatic carbocycles. The second-order valence-corrected chi connectivity index (χ2v) is 7.88. The van der Waals surface area contributed by atoms with Gasteiger partial charge in [0.2, 0.25) is 0 Å². The predicted octanol–water partition coefficient (Wildman–Crippen LogP) is 1.80. The fourth-order valence-electron chi connectivity index (χ4n) is 3.97. The third kappa shape index (κ3) is 4.36. The molecule has 0 unspecified atom stereocenters. The van der Waals surface area contributed by atoms with E-state index in [9.17, 15) is 14.3 Å². The van der Waals surface area contributed by atoms with E-state index in [4.69, 9.17) is 11.6 Å². The molecule has 1 amide bonds. The van der Waals surface area contributed by atoms with E-state index < -0.39 is 5.82 Å². The molecule has 2 fully saturated rings. The summed E-state index contributed by atoms with van der Waals surface area (Å²) in [5.41, 5.74) is 0.00578. The summed E-state index contributed by atoms with van der Waals surface area (Å²) in [6.07, 6.45) is 1.13. The van der Waals surface area contributed by atoms with E-state index in [2.05, 4.69) is 16.8 Å². The van der Waals surface area contributed by atoms with Gasteiger partial charge in [0.05, 0.1) is 10.6 Å². The highest BCUT2D eigenvalue weighted by molar-refractivity contribution is 6.31. The zero-order valence-corrected chi connectivity index (χ0v) is 16.0. The molecule has 3 rings (SSSR count). The Bertz CT molecular complexity index is 645. The largest absolute Gasteiger partial charge is 0.396 e. The van der Waals surface area contributed by atoms with Gasteiger partial charge in [-0.2, -0.15) is 0 Å². The van der Waals surface area contributed by atoms with Crippen LogP contribution in [-0.4, -0.2) is 85.2 Å². The van der Waals surface area contributed by atoms with E-state index in [0.717, 1.165) is 39.1 Å². The lowest BCUT2D eigenvalue weighted by atomic mass is 9.96. The minimum absolute atomic E-state index is 0.00578. The molecule has 0 bridgehead atoms. The molecule has 2 aliphatic heterocycles. The van der Waals surface area contributed by atoms with Gasteiger partial charge in [-0.15, -0.1) is 0 Å². The van der Waals surface area contributed by atoms with Crippen molar-refractivity contribution >= 4 is 17.5 Å². The second kappa shape index (κ2) is 8.65. The number of hydrogen-bond acceptors (Lipinski definition) is 4. The van der Waals surface area contributed by atoms with Crippen LogP contribution in [0.4, 0.5) is 4.39 Å². The standard InChI is InChI=1S/C19H27ClFN3O2/c1-22-6-3-7-23(9-8-22)10-14-11-24(12-15(14)13-25)19(26)16-4-2-5-17(20)18(16)21/h2,4-5,14-15,25H,3,6-13H2,1H3/t14-,15-/m1/s1. The summed E-state index contributed by atoms with van der Waals surface area (Å²) in [7, 11) is 2.13. The Labute approximate surface area is 159 Å². The summed E-state index contributed by atoms with van der Waals surface area (Å²) in [5, 5.41) is 9.73. The van der Waals surface area contributed by atoms with E-state index >= 15 is 0 Å². The van der Waals surface area contributed by atoms with E-state index in [-0.39, 0.29) is 34.9 Å². The third-order valence-corrected chi connectivity index (χ3v) is 5.88. The van der Waals surface area contributed by atoms with Crippen molar-refractivity contribution in [2.45, 2.75) is 6.42 Å². The lowest BCUT2D eigenvalue weighted by Gasteiger charge is -2.26. The molecule has 26 heavy (non-hydrogen) atoms. The Balaban J connectivity index is 1.66. The molecule has 1 N–H and O–H groups in total. The number of amides is 1. The van der Waals surface area contributed by atoms with Crippen LogP contribution in [0.3, 0.4) is 0 Å². The molecule has 2 heterocycles. The quantitative estimate of drug-likeness (QED) is 0.861. The van der Waals surface area contributed by atoms with Crippen molar-refractivity contribution in [2.75, 3.05) is 59.5 Å². The Hall–Kier alpha value is -1.21. The SMILES string of the molecule is CN1CCCN(C[C@@H]2CN(C(=O)c3cccc(Cl)c3F)C[C@@H]2CO)CC1. The summed E-state index contributed by atoms with van der Waals surface area (Å²) in [6, 6.07) is 4.49. The van der Waals surface area contributed by atoms with Gasteiger partial charge in [0.25, 0.3) is 5.91 Å². The monoisotopic (exact) mass is 383 g/mol. The Morgan fingerprint density at radius 3 is 2.77 bits per heavy atom. The van der Waals surface area contributed by atoms with Crippen LogP contribution in [-0.2, 0) is 0 Å². The molecule has 7 heteroatoms. The molecule has 2 aliphatic rings. The van der Waals surface area contributed by atoms with Crippen molar-refractivity contribution in [2.24, 2.45) is 11.8 Å². The first kappa shape index (κ1) is 19.5. The molecule has 0 aromatic heterocycles. The van der Waals surface area contributed by atoms with E-state index in [1.54, 1.807) is 11.0 Å². The Morgan fingerprint density at radius 1 is 1.23 bits per heavy atom.